The Morgan fingerprint density at radius 1 is 1.19 bits per heavy atom. The van der Waals surface area contributed by atoms with E-state index in [2.05, 4.69) is 10.3 Å². The molecule has 1 heterocycles. The van der Waals surface area contributed by atoms with Crippen LogP contribution in [0.5, 0.6) is 0 Å². The number of thiazole rings is 1. The van der Waals surface area contributed by atoms with E-state index in [1.807, 2.05) is 18.4 Å². The second-order valence-corrected chi connectivity index (χ2v) is 7.62. The SMILES string of the molecule is CSc1ccccc1C(=O)Nc1ncc(Cc2cccc(C(F)(F)F)c2)s1. The first-order valence-corrected chi connectivity index (χ1v) is 9.96. The van der Waals surface area contributed by atoms with Crippen LogP contribution in [-0.2, 0) is 12.6 Å². The number of aromatic nitrogens is 1. The number of rotatable bonds is 5. The highest BCUT2D eigenvalue weighted by Crippen LogP contribution is 2.31. The minimum absolute atomic E-state index is 0.264. The fraction of sp³-hybridized carbons (Fsp3) is 0.158. The Balaban J connectivity index is 1.71. The van der Waals surface area contributed by atoms with Crippen LogP contribution in [0.1, 0.15) is 26.4 Å². The van der Waals surface area contributed by atoms with Crippen molar-refractivity contribution in [1.82, 2.24) is 4.98 Å². The molecule has 3 rings (SSSR count). The lowest BCUT2D eigenvalue weighted by Gasteiger charge is -2.08. The van der Waals surface area contributed by atoms with Crippen molar-refractivity contribution in [3.63, 3.8) is 0 Å². The molecule has 1 amide bonds. The summed E-state index contributed by atoms with van der Waals surface area (Å²) in [6, 6.07) is 12.5. The van der Waals surface area contributed by atoms with E-state index >= 15 is 0 Å². The lowest BCUT2D eigenvalue weighted by atomic mass is 10.1. The van der Waals surface area contributed by atoms with Gasteiger partial charge in [-0.05, 0) is 30.0 Å². The van der Waals surface area contributed by atoms with Gasteiger partial charge < -0.3 is 0 Å². The third-order valence-electron chi connectivity index (χ3n) is 3.76. The minimum atomic E-state index is -4.37. The van der Waals surface area contributed by atoms with Crippen molar-refractivity contribution >= 4 is 34.1 Å². The van der Waals surface area contributed by atoms with Gasteiger partial charge in [-0.1, -0.05) is 30.3 Å². The van der Waals surface area contributed by atoms with E-state index in [0.29, 0.717) is 22.7 Å². The molecule has 0 fully saturated rings. The van der Waals surface area contributed by atoms with Gasteiger partial charge in [-0.3, -0.25) is 10.1 Å². The van der Waals surface area contributed by atoms with E-state index in [1.165, 1.54) is 29.2 Å². The summed E-state index contributed by atoms with van der Waals surface area (Å²) in [6.45, 7) is 0. The quantitative estimate of drug-likeness (QED) is 0.549. The molecule has 8 heteroatoms. The van der Waals surface area contributed by atoms with Crippen LogP contribution in [-0.4, -0.2) is 17.1 Å². The molecule has 0 atom stereocenters. The molecule has 0 saturated heterocycles. The van der Waals surface area contributed by atoms with Gasteiger partial charge in [0.15, 0.2) is 5.13 Å². The van der Waals surface area contributed by atoms with Crippen LogP contribution < -0.4 is 5.32 Å². The van der Waals surface area contributed by atoms with E-state index in [-0.39, 0.29) is 5.91 Å². The van der Waals surface area contributed by atoms with Crippen LogP contribution in [0.15, 0.2) is 59.6 Å². The average molecular weight is 408 g/mol. The largest absolute Gasteiger partial charge is 0.416 e. The number of carbonyl (C=O) groups is 1. The molecule has 3 aromatic rings. The molecule has 0 radical (unpaired) electrons. The number of hydrogen-bond acceptors (Lipinski definition) is 4. The molecular weight excluding hydrogens is 393 g/mol. The molecule has 0 unspecified atom stereocenters. The number of thioether (sulfide) groups is 1. The van der Waals surface area contributed by atoms with Crippen molar-refractivity contribution in [2.45, 2.75) is 17.5 Å². The Hall–Kier alpha value is -2.32. The first-order valence-electron chi connectivity index (χ1n) is 7.92. The van der Waals surface area contributed by atoms with Gasteiger partial charge >= 0.3 is 6.18 Å². The number of benzene rings is 2. The Morgan fingerprint density at radius 2 is 1.96 bits per heavy atom. The van der Waals surface area contributed by atoms with Crippen LogP contribution >= 0.6 is 23.1 Å². The fourth-order valence-electron chi connectivity index (χ4n) is 2.50. The number of carbonyl (C=O) groups excluding carboxylic acids is 1. The number of halogens is 3. The van der Waals surface area contributed by atoms with Crippen LogP contribution in [0.4, 0.5) is 18.3 Å². The van der Waals surface area contributed by atoms with Crippen LogP contribution in [0.25, 0.3) is 0 Å². The topological polar surface area (TPSA) is 42.0 Å². The fourth-order valence-corrected chi connectivity index (χ4v) is 3.94. The molecule has 1 N–H and O–H groups in total. The molecule has 3 nitrogen and oxygen atoms in total. The van der Waals surface area contributed by atoms with Crippen molar-refractivity contribution in [2.75, 3.05) is 11.6 Å². The molecule has 0 aliphatic rings. The molecule has 0 bridgehead atoms. The number of nitrogens with zero attached hydrogens (tertiary/aromatic N) is 1. The number of alkyl halides is 3. The molecule has 140 valence electrons. The first kappa shape index (κ1) is 19.4. The van der Waals surface area contributed by atoms with Crippen molar-refractivity contribution in [3.05, 3.63) is 76.3 Å². The summed E-state index contributed by atoms with van der Waals surface area (Å²) in [5.74, 6) is -0.264. The summed E-state index contributed by atoms with van der Waals surface area (Å²) in [5, 5.41) is 3.16. The highest BCUT2D eigenvalue weighted by molar-refractivity contribution is 7.98. The molecular formula is C19H15F3N2OS2. The summed E-state index contributed by atoms with van der Waals surface area (Å²) >= 11 is 2.72. The lowest BCUT2D eigenvalue weighted by Crippen LogP contribution is -2.12. The van der Waals surface area contributed by atoms with E-state index in [1.54, 1.807) is 24.4 Å². The maximum absolute atomic E-state index is 12.8. The van der Waals surface area contributed by atoms with Gasteiger partial charge in [-0.2, -0.15) is 13.2 Å². The highest BCUT2D eigenvalue weighted by atomic mass is 32.2. The third-order valence-corrected chi connectivity index (χ3v) is 5.47. The molecule has 0 aliphatic carbocycles. The second-order valence-electron chi connectivity index (χ2n) is 5.66. The van der Waals surface area contributed by atoms with E-state index in [0.717, 1.165) is 21.9 Å². The number of nitrogens with one attached hydrogen (secondary N) is 1. The summed E-state index contributed by atoms with van der Waals surface area (Å²) in [7, 11) is 0. The molecule has 2 aromatic carbocycles. The van der Waals surface area contributed by atoms with Crippen molar-refractivity contribution in [2.24, 2.45) is 0 Å². The normalized spacial score (nSPS) is 11.4. The van der Waals surface area contributed by atoms with E-state index in [4.69, 9.17) is 0 Å². The maximum atomic E-state index is 12.8. The van der Waals surface area contributed by atoms with Gasteiger partial charge in [0.1, 0.15) is 0 Å². The maximum Gasteiger partial charge on any atom is 0.416 e. The van der Waals surface area contributed by atoms with Gasteiger partial charge in [0.25, 0.3) is 5.91 Å². The van der Waals surface area contributed by atoms with Crippen molar-refractivity contribution < 1.29 is 18.0 Å². The Labute approximate surface area is 162 Å². The Morgan fingerprint density at radius 3 is 2.70 bits per heavy atom. The molecule has 0 saturated carbocycles. The van der Waals surface area contributed by atoms with Gasteiger partial charge in [0.05, 0.1) is 11.1 Å². The Bertz CT molecular complexity index is 954. The predicted molar refractivity (Wildman–Crippen MR) is 103 cm³/mol. The molecule has 27 heavy (non-hydrogen) atoms. The summed E-state index contributed by atoms with van der Waals surface area (Å²) in [5.41, 5.74) is 0.422. The van der Waals surface area contributed by atoms with E-state index < -0.39 is 11.7 Å². The summed E-state index contributed by atoms with van der Waals surface area (Å²) in [4.78, 5) is 18.2. The zero-order valence-electron chi connectivity index (χ0n) is 14.2. The first-order chi connectivity index (χ1) is 12.9. The molecule has 0 spiro atoms. The molecule has 1 aromatic heterocycles. The van der Waals surface area contributed by atoms with Gasteiger partial charge in [-0.15, -0.1) is 23.1 Å². The minimum Gasteiger partial charge on any atom is -0.298 e. The van der Waals surface area contributed by atoms with Gasteiger partial charge in [0, 0.05) is 22.4 Å². The number of amides is 1. The zero-order valence-corrected chi connectivity index (χ0v) is 15.8. The van der Waals surface area contributed by atoms with Gasteiger partial charge in [-0.25, -0.2) is 4.98 Å². The standard InChI is InChI=1S/C19H15F3N2OS2/c1-26-16-8-3-2-7-15(16)17(25)24-18-23-11-14(27-18)10-12-5-4-6-13(9-12)19(20,21)22/h2-9,11H,10H2,1H3,(H,23,24,25). The summed E-state index contributed by atoms with van der Waals surface area (Å²) in [6.07, 6.45) is -0.587. The van der Waals surface area contributed by atoms with Crippen LogP contribution in [0.3, 0.4) is 0 Å². The van der Waals surface area contributed by atoms with Crippen molar-refractivity contribution in [1.29, 1.82) is 0 Å². The Kier molecular flexibility index (Phi) is 5.86. The lowest BCUT2D eigenvalue weighted by molar-refractivity contribution is -0.137. The van der Waals surface area contributed by atoms with Crippen LogP contribution in [0.2, 0.25) is 0 Å². The predicted octanol–water partition coefficient (Wildman–Crippen LogP) is 5.73. The average Bonchev–Trinajstić information content (AvgIpc) is 3.08. The van der Waals surface area contributed by atoms with Gasteiger partial charge in [0.2, 0.25) is 0 Å². The monoisotopic (exact) mass is 408 g/mol. The molecule has 0 aliphatic heterocycles. The van der Waals surface area contributed by atoms with Crippen LogP contribution in [0, 0.1) is 0 Å². The number of hydrogen-bond donors (Lipinski definition) is 1. The highest BCUT2D eigenvalue weighted by Gasteiger charge is 2.30. The zero-order chi connectivity index (χ0) is 19.4. The number of anilines is 1. The second kappa shape index (κ2) is 8.14. The van der Waals surface area contributed by atoms with E-state index in [9.17, 15) is 18.0 Å². The summed E-state index contributed by atoms with van der Waals surface area (Å²) < 4.78 is 38.5. The smallest absolute Gasteiger partial charge is 0.298 e. The third kappa shape index (κ3) is 4.90. The van der Waals surface area contributed by atoms with Crippen molar-refractivity contribution in [3.8, 4) is 0 Å².